The minimum Gasteiger partial charge on any atom is -0.349 e. The Kier molecular flexibility index (Phi) is 3.41. The fourth-order valence-electron chi connectivity index (χ4n) is 2.41. The monoisotopic (exact) mass is 259 g/mol. The fourth-order valence-corrected chi connectivity index (χ4v) is 2.41. The normalized spacial score (nSPS) is 16.6. The molecular weight excluding hydrogens is 242 g/mol. The number of amides is 1. The molecule has 0 aliphatic carbocycles. The van der Waals surface area contributed by atoms with E-state index in [4.69, 9.17) is 0 Å². The molecule has 0 bridgehead atoms. The molecule has 0 radical (unpaired) electrons. The number of rotatable bonds is 3. The maximum absolute atomic E-state index is 12.0. The molecule has 100 valence electrons. The van der Waals surface area contributed by atoms with Gasteiger partial charge in [-0.05, 0) is 38.1 Å². The molecule has 1 aliphatic rings. The topological polar surface area (TPSA) is 71.3 Å². The number of hydrogen-bond acceptors (Lipinski definition) is 4. The predicted molar refractivity (Wildman–Crippen MR) is 70.4 cm³/mol. The molecule has 19 heavy (non-hydrogen) atoms. The second kappa shape index (κ2) is 5.36. The first kappa shape index (κ1) is 12.1. The average molecular weight is 259 g/mol. The molecule has 2 N–H and O–H groups in total. The van der Waals surface area contributed by atoms with Gasteiger partial charge in [-0.15, -0.1) is 10.2 Å². The van der Waals surface area contributed by atoms with E-state index in [1.807, 2.05) is 28.8 Å². The second-order valence-electron chi connectivity index (χ2n) is 4.79. The van der Waals surface area contributed by atoms with E-state index in [1.54, 1.807) is 0 Å². The Morgan fingerprint density at radius 2 is 2.21 bits per heavy atom. The van der Waals surface area contributed by atoms with Gasteiger partial charge in [0.15, 0.2) is 11.5 Å². The van der Waals surface area contributed by atoms with Crippen molar-refractivity contribution in [2.45, 2.75) is 19.4 Å². The molecule has 6 heteroatoms. The van der Waals surface area contributed by atoms with E-state index in [9.17, 15) is 4.79 Å². The molecule has 2 aromatic rings. The third-order valence-corrected chi connectivity index (χ3v) is 3.52. The lowest BCUT2D eigenvalue weighted by atomic mass is 9.97. The molecule has 0 aromatic carbocycles. The van der Waals surface area contributed by atoms with Gasteiger partial charge >= 0.3 is 0 Å². The summed E-state index contributed by atoms with van der Waals surface area (Å²) in [6.45, 7) is 2.27. The van der Waals surface area contributed by atoms with Gasteiger partial charge in [-0.25, -0.2) is 0 Å². The molecule has 6 nitrogen and oxygen atoms in total. The van der Waals surface area contributed by atoms with Gasteiger partial charge in [-0.3, -0.25) is 9.20 Å². The van der Waals surface area contributed by atoms with Crippen molar-refractivity contribution in [3.63, 3.8) is 0 Å². The van der Waals surface area contributed by atoms with Crippen molar-refractivity contribution in [1.29, 1.82) is 0 Å². The van der Waals surface area contributed by atoms with Gasteiger partial charge in [0.25, 0.3) is 0 Å². The van der Waals surface area contributed by atoms with E-state index in [-0.39, 0.29) is 11.8 Å². The van der Waals surface area contributed by atoms with Crippen LogP contribution in [0.2, 0.25) is 0 Å². The van der Waals surface area contributed by atoms with E-state index in [0.29, 0.717) is 6.54 Å². The molecule has 1 amide bonds. The van der Waals surface area contributed by atoms with Crippen molar-refractivity contribution in [1.82, 2.24) is 25.2 Å². The summed E-state index contributed by atoms with van der Waals surface area (Å²) < 4.78 is 1.89. The van der Waals surface area contributed by atoms with Gasteiger partial charge < -0.3 is 10.6 Å². The van der Waals surface area contributed by atoms with Crippen LogP contribution in [0.3, 0.4) is 0 Å². The van der Waals surface area contributed by atoms with Gasteiger partial charge in [-0.1, -0.05) is 6.07 Å². The van der Waals surface area contributed by atoms with Crippen molar-refractivity contribution in [3.8, 4) is 0 Å². The molecule has 0 spiro atoms. The van der Waals surface area contributed by atoms with E-state index in [2.05, 4.69) is 20.8 Å². The van der Waals surface area contributed by atoms with Gasteiger partial charge in [-0.2, -0.15) is 0 Å². The van der Waals surface area contributed by atoms with E-state index in [0.717, 1.165) is 37.4 Å². The Bertz CT molecular complexity index is 573. The molecule has 2 aromatic heterocycles. The van der Waals surface area contributed by atoms with Crippen LogP contribution in [0.1, 0.15) is 18.7 Å². The van der Waals surface area contributed by atoms with Crippen LogP contribution >= 0.6 is 0 Å². The van der Waals surface area contributed by atoms with E-state index >= 15 is 0 Å². The van der Waals surface area contributed by atoms with Gasteiger partial charge in [0.05, 0.1) is 6.54 Å². The van der Waals surface area contributed by atoms with Gasteiger partial charge in [0, 0.05) is 12.1 Å². The van der Waals surface area contributed by atoms with Crippen LogP contribution in [0, 0.1) is 5.92 Å². The average Bonchev–Trinajstić information content (AvgIpc) is 2.89. The van der Waals surface area contributed by atoms with Crippen LogP contribution in [0.4, 0.5) is 0 Å². The molecule has 0 atom stereocenters. The number of hydrogen-bond donors (Lipinski definition) is 2. The van der Waals surface area contributed by atoms with E-state index < -0.39 is 0 Å². The summed E-state index contributed by atoms with van der Waals surface area (Å²) in [4.78, 5) is 12.0. The molecule has 0 unspecified atom stereocenters. The number of aromatic nitrogens is 3. The van der Waals surface area contributed by atoms with Crippen molar-refractivity contribution in [3.05, 3.63) is 30.2 Å². The zero-order valence-corrected chi connectivity index (χ0v) is 10.7. The number of fused-ring (bicyclic) bond motifs is 1. The molecule has 1 saturated heterocycles. The fraction of sp³-hybridized carbons (Fsp3) is 0.462. The number of pyridine rings is 1. The lowest BCUT2D eigenvalue weighted by Crippen LogP contribution is -2.38. The summed E-state index contributed by atoms with van der Waals surface area (Å²) >= 11 is 0. The summed E-state index contributed by atoms with van der Waals surface area (Å²) in [6, 6.07) is 5.74. The highest BCUT2D eigenvalue weighted by Crippen LogP contribution is 2.11. The highest BCUT2D eigenvalue weighted by Gasteiger charge is 2.20. The maximum atomic E-state index is 12.0. The Morgan fingerprint density at radius 1 is 1.37 bits per heavy atom. The number of nitrogens with zero attached hydrogens (tertiary/aromatic N) is 3. The number of carbonyl (C=O) groups is 1. The Labute approximate surface area is 111 Å². The van der Waals surface area contributed by atoms with Crippen LogP contribution in [0.25, 0.3) is 5.65 Å². The quantitative estimate of drug-likeness (QED) is 0.834. The Hall–Kier alpha value is -1.95. The van der Waals surface area contributed by atoms with Crippen molar-refractivity contribution < 1.29 is 4.79 Å². The maximum Gasteiger partial charge on any atom is 0.223 e. The molecular formula is C13H17N5O. The lowest BCUT2D eigenvalue weighted by molar-refractivity contribution is -0.125. The van der Waals surface area contributed by atoms with Crippen LogP contribution in [-0.4, -0.2) is 33.6 Å². The van der Waals surface area contributed by atoms with Crippen LogP contribution in [0.15, 0.2) is 24.4 Å². The molecule has 1 aliphatic heterocycles. The zero-order chi connectivity index (χ0) is 13.1. The van der Waals surface area contributed by atoms with Crippen molar-refractivity contribution >= 4 is 11.6 Å². The van der Waals surface area contributed by atoms with Crippen LogP contribution < -0.4 is 10.6 Å². The third kappa shape index (κ3) is 2.58. The highest BCUT2D eigenvalue weighted by molar-refractivity contribution is 5.78. The molecule has 3 heterocycles. The van der Waals surface area contributed by atoms with Gasteiger partial charge in [0.1, 0.15) is 0 Å². The number of piperidine rings is 1. The SMILES string of the molecule is O=C(NCc1nnc2ccccn12)C1CCNCC1. The first-order valence-corrected chi connectivity index (χ1v) is 6.61. The second-order valence-corrected chi connectivity index (χ2v) is 4.79. The predicted octanol–water partition coefficient (Wildman–Crippen LogP) is 0.345. The number of carbonyl (C=O) groups excluding carboxylic acids is 1. The largest absolute Gasteiger partial charge is 0.349 e. The van der Waals surface area contributed by atoms with Gasteiger partial charge in [0.2, 0.25) is 5.91 Å². The zero-order valence-electron chi connectivity index (χ0n) is 10.7. The molecule has 1 fully saturated rings. The Balaban J connectivity index is 1.64. The van der Waals surface area contributed by atoms with Crippen molar-refractivity contribution in [2.24, 2.45) is 5.92 Å². The minimum absolute atomic E-state index is 0.120. The Morgan fingerprint density at radius 3 is 3.05 bits per heavy atom. The third-order valence-electron chi connectivity index (χ3n) is 3.52. The summed E-state index contributed by atoms with van der Waals surface area (Å²) in [6.07, 6.45) is 3.72. The summed E-state index contributed by atoms with van der Waals surface area (Å²) in [5, 5.41) is 14.4. The van der Waals surface area contributed by atoms with Crippen molar-refractivity contribution in [2.75, 3.05) is 13.1 Å². The first-order chi connectivity index (χ1) is 9.34. The molecule has 3 rings (SSSR count). The first-order valence-electron chi connectivity index (χ1n) is 6.61. The van der Waals surface area contributed by atoms with E-state index in [1.165, 1.54) is 0 Å². The van der Waals surface area contributed by atoms with Crippen LogP contribution in [-0.2, 0) is 11.3 Å². The smallest absolute Gasteiger partial charge is 0.223 e. The number of nitrogens with one attached hydrogen (secondary N) is 2. The minimum atomic E-state index is 0.120. The summed E-state index contributed by atoms with van der Waals surface area (Å²) in [7, 11) is 0. The summed E-state index contributed by atoms with van der Waals surface area (Å²) in [5.41, 5.74) is 0.800. The highest BCUT2D eigenvalue weighted by atomic mass is 16.1. The standard InChI is InChI=1S/C13H17N5O/c19-13(10-4-6-14-7-5-10)15-9-12-17-16-11-3-1-2-8-18(11)12/h1-3,8,10,14H,4-7,9H2,(H,15,19). The van der Waals surface area contributed by atoms with Crippen LogP contribution in [0.5, 0.6) is 0 Å². The lowest BCUT2D eigenvalue weighted by Gasteiger charge is -2.21. The summed E-state index contributed by atoms with van der Waals surface area (Å²) in [5.74, 6) is 1.01. The molecule has 0 saturated carbocycles.